The molecule has 2 saturated heterocycles. The summed E-state index contributed by atoms with van der Waals surface area (Å²) < 4.78 is 11.1. The van der Waals surface area contributed by atoms with Crippen molar-refractivity contribution in [2.75, 3.05) is 46.0 Å². The zero-order valence-corrected chi connectivity index (χ0v) is 18.4. The number of morpholine rings is 1. The van der Waals surface area contributed by atoms with Crippen LogP contribution in [-0.2, 0) is 20.9 Å². The molecule has 4 rings (SSSR count). The monoisotopic (exact) mass is 430 g/mol. The largest absolute Gasteiger partial charge is 0.466 e. The molecule has 0 aromatic heterocycles. The molecule has 1 aromatic carbocycles. The fourth-order valence-electron chi connectivity index (χ4n) is 5.62. The van der Waals surface area contributed by atoms with E-state index in [1.807, 2.05) is 11.8 Å². The number of carbonyl (C=O) groups excluding carboxylic acids is 2. The lowest BCUT2D eigenvalue weighted by atomic mass is 9.61. The van der Waals surface area contributed by atoms with Gasteiger partial charge in [-0.1, -0.05) is 12.1 Å². The van der Waals surface area contributed by atoms with Gasteiger partial charge in [0.1, 0.15) is 0 Å². The maximum Gasteiger partial charge on any atom is 0.314 e. The minimum atomic E-state index is -0.613. The van der Waals surface area contributed by atoms with Gasteiger partial charge in [0, 0.05) is 37.8 Å². The molecule has 1 N–H and O–H groups in total. The molecular formula is C24H34N2O5. The van der Waals surface area contributed by atoms with Gasteiger partial charge >= 0.3 is 5.97 Å². The van der Waals surface area contributed by atoms with Gasteiger partial charge in [-0.2, -0.15) is 0 Å². The lowest BCUT2D eigenvalue weighted by molar-refractivity contribution is -0.168. The topological polar surface area (TPSA) is 79.3 Å². The second-order valence-corrected chi connectivity index (χ2v) is 9.02. The number of ether oxygens (including phenoxy) is 2. The molecule has 0 bridgehead atoms. The zero-order chi connectivity index (χ0) is 21.8. The quantitative estimate of drug-likeness (QED) is 0.721. The second-order valence-electron chi connectivity index (χ2n) is 9.02. The van der Waals surface area contributed by atoms with Crippen molar-refractivity contribution in [1.82, 2.24) is 9.80 Å². The molecule has 0 radical (unpaired) electrons. The molecule has 2 heterocycles. The summed E-state index contributed by atoms with van der Waals surface area (Å²) >= 11 is 0. The predicted molar refractivity (Wildman–Crippen MR) is 115 cm³/mol. The summed E-state index contributed by atoms with van der Waals surface area (Å²) in [6, 6.07) is 7.53. The van der Waals surface area contributed by atoms with Gasteiger partial charge in [0.2, 0.25) is 0 Å². The van der Waals surface area contributed by atoms with Crippen LogP contribution in [0.5, 0.6) is 0 Å². The Morgan fingerprint density at radius 3 is 2.58 bits per heavy atom. The fraction of sp³-hybridized carbons (Fsp3) is 0.667. The number of hydrogen-bond acceptors (Lipinski definition) is 6. The molecule has 1 saturated carbocycles. The number of hydrogen-bond donors (Lipinski definition) is 1. The van der Waals surface area contributed by atoms with Crippen LogP contribution in [0.2, 0.25) is 0 Å². The van der Waals surface area contributed by atoms with Crippen molar-refractivity contribution in [3.05, 3.63) is 35.4 Å². The van der Waals surface area contributed by atoms with Crippen LogP contribution in [0, 0.1) is 11.3 Å². The van der Waals surface area contributed by atoms with Gasteiger partial charge in [-0.25, -0.2) is 0 Å². The highest BCUT2D eigenvalue weighted by molar-refractivity contribution is 5.95. The van der Waals surface area contributed by atoms with E-state index in [9.17, 15) is 14.7 Å². The Morgan fingerprint density at radius 2 is 1.90 bits per heavy atom. The molecule has 0 spiro atoms. The van der Waals surface area contributed by atoms with Crippen molar-refractivity contribution in [2.24, 2.45) is 11.3 Å². The molecule has 31 heavy (non-hydrogen) atoms. The summed E-state index contributed by atoms with van der Waals surface area (Å²) in [6.07, 6.45) is 3.50. The summed E-state index contributed by atoms with van der Waals surface area (Å²) in [5.74, 6) is 0.0319. The van der Waals surface area contributed by atoms with Crippen LogP contribution >= 0.6 is 0 Å². The van der Waals surface area contributed by atoms with Crippen molar-refractivity contribution in [1.29, 1.82) is 0 Å². The molecule has 170 valence electrons. The highest BCUT2D eigenvalue weighted by Gasteiger charge is 2.54. The molecule has 3 fully saturated rings. The Kier molecular flexibility index (Phi) is 6.94. The fourth-order valence-corrected chi connectivity index (χ4v) is 5.62. The van der Waals surface area contributed by atoms with E-state index in [0.717, 1.165) is 57.6 Å². The van der Waals surface area contributed by atoms with E-state index in [1.165, 1.54) is 0 Å². The Bertz CT molecular complexity index is 777. The number of carbonyl (C=O) groups is 2. The number of likely N-dealkylation sites (tertiary alicyclic amines) is 1. The van der Waals surface area contributed by atoms with E-state index in [2.05, 4.69) is 4.90 Å². The van der Waals surface area contributed by atoms with Gasteiger partial charge in [-0.15, -0.1) is 0 Å². The van der Waals surface area contributed by atoms with Crippen molar-refractivity contribution >= 4 is 11.9 Å². The maximum atomic E-state index is 13.2. The number of rotatable bonds is 5. The smallest absolute Gasteiger partial charge is 0.314 e. The number of fused-ring (bicyclic) bond motifs is 1. The van der Waals surface area contributed by atoms with Gasteiger partial charge in [0.25, 0.3) is 5.91 Å². The van der Waals surface area contributed by atoms with E-state index < -0.39 is 5.41 Å². The summed E-state index contributed by atoms with van der Waals surface area (Å²) in [5, 5.41) is 9.25. The number of nitrogens with zero attached hydrogens (tertiary/aromatic N) is 2. The highest BCUT2D eigenvalue weighted by atomic mass is 16.5. The van der Waals surface area contributed by atoms with Crippen LogP contribution in [0.4, 0.5) is 0 Å². The van der Waals surface area contributed by atoms with Crippen molar-refractivity contribution < 1.29 is 24.2 Å². The Labute approximate surface area is 184 Å². The minimum Gasteiger partial charge on any atom is -0.466 e. The van der Waals surface area contributed by atoms with E-state index in [1.54, 1.807) is 24.3 Å². The summed E-state index contributed by atoms with van der Waals surface area (Å²) in [6.45, 7) is 6.71. The Hall–Kier alpha value is -1.96. The van der Waals surface area contributed by atoms with Gasteiger partial charge in [-0.05, 0) is 56.2 Å². The zero-order valence-electron chi connectivity index (χ0n) is 18.4. The molecule has 3 atom stereocenters. The number of esters is 1. The van der Waals surface area contributed by atoms with Crippen LogP contribution in [-0.4, -0.2) is 78.8 Å². The summed E-state index contributed by atoms with van der Waals surface area (Å²) in [5.41, 5.74) is 0.758. The standard InChI is InChI=1S/C24H34N2O5/c1-2-31-23(29)24-9-7-21(25-11-13-30-14-12-25)15-20(24)8-10-26(17-24)22(28)19-5-3-18(16-27)4-6-19/h3-6,20-21,27H,2,7-17H2,1H3/t20-,21-,24-/m1/s1. The first-order valence-corrected chi connectivity index (χ1v) is 11.6. The third-order valence-electron chi connectivity index (χ3n) is 7.40. The number of aliphatic hydroxyl groups excluding tert-OH is 1. The van der Waals surface area contributed by atoms with Crippen LogP contribution in [0.25, 0.3) is 0 Å². The summed E-state index contributed by atoms with van der Waals surface area (Å²) in [4.78, 5) is 30.7. The van der Waals surface area contributed by atoms with Gasteiger partial charge in [-0.3, -0.25) is 14.5 Å². The van der Waals surface area contributed by atoms with Gasteiger partial charge in [0.15, 0.2) is 0 Å². The average molecular weight is 431 g/mol. The molecule has 7 nitrogen and oxygen atoms in total. The Balaban J connectivity index is 1.51. The Morgan fingerprint density at radius 1 is 1.16 bits per heavy atom. The molecule has 7 heteroatoms. The third kappa shape index (κ3) is 4.49. The predicted octanol–water partition coefficient (Wildman–Crippen LogP) is 2.08. The highest BCUT2D eigenvalue weighted by Crippen LogP contribution is 2.48. The van der Waals surface area contributed by atoms with Gasteiger partial charge in [0.05, 0.1) is 31.8 Å². The maximum absolute atomic E-state index is 13.2. The van der Waals surface area contributed by atoms with Crippen molar-refractivity contribution in [3.8, 4) is 0 Å². The minimum absolute atomic E-state index is 0.0455. The number of aliphatic hydroxyl groups is 1. The molecule has 2 aliphatic heterocycles. The second kappa shape index (κ2) is 9.67. The van der Waals surface area contributed by atoms with Crippen LogP contribution in [0.15, 0.2) is 24.3 Å². The molecule has 1 aromatic rings. The van der Waals surface area contributed by atoms with Crippen LogP contribution in [0.3, 0.4) is 0 Å². The number of piperidine rings is 1. The molecule has 3 aliphatic rings. The van der Waals surface area contributed by atoms with E-state index in [4.69, 9.17) is 9.47 Å². The first-order valence-electron chi connectivity index (χ1n) is 11.6. The number of benzene rings is 1. The van der Waals surface area contributed by atoms with E-state index in [-0.39, 0.29) is 24.4 Å². The van der Waals surface area contributed by atoms with Crippen molar-refractivity contribution in [3.63, 3.8) is 0 Å². The van der Waals surface area contributed by atoms with Gasteiger partial charge < -0.3 is 19.5 Å². The van der Waals surface area contributed by atoms with E-state index >= 15 is 0 Å². The lowest BCUT2D eigenvalue weighted by Gasteiger charge is -2.52. The molecule has 1 aliphatic carbocycles. The molecule has 1 amide bonds. The van der Waals surface area contributed by atoms with Crippen LogP contribution in [0.1, 0.15) is 48.5 Å². The normalized spacial score (nSPS) is 29.3. The first-order chi connectivity index (χ1) is 15.1. The van der Waals surface area contributed by atoms with Crippen LogP contribution < -0.4 is 0 Å². The number of amides is 1. The molecule has 0 unspecified atom stereocenters. The van der Waals surface area contributed by atoms with Crippen molar-refractivity contribution in [2.45, 2.75) is 45.3 Å². The van der Waals surface area contributed by atoms with E-state index in [0.29, 0.717) is 31.3 Å². The molecular weight excluding hydrogens is 396 g/mol. The third-order valence-corrected chi connectivity index (χ3v) is 7.40. The lowest BCUT2D eigenvalue weighted by Crippen LogP contribution is -2.59. The average Bonchev–Trinajstić information content (AvgIpc) is 2.83. The summed E-state index contributed by atoms with van der Waals surface area (Å²) in [7, 11) is 0. The first kappa shape index (κ1) is 22.2. The SMILES string of the molecule is CCOC(=O)[C@@]12CC[C@@H](N3CCOCC3)C[C@H]1CCN(C(=O)c1ccc(CO)cc1)C2.